The molecule has 0 aromatic heterocycles. The zero-order valence-corrected chi connectivity index (χ0v) is 11.6. The Morgan fingerprint density at radius 1 is 1.11 bits per heavy atom. The van der Waals surface area contributed by atoms with Gasteiger partial charge in [0.1, 0.15) is 18.3 Å². The molecule has 3 saturated heterocycles. The monoisotopic (exact) mass is 258 g/mol. The third-order valence-electron chi connectivity index (χ3n) is 4.87. The molecule has 0 aromatic rings. The van der Waals surface area contributed by atoms with Crippen molar-refractivity contribution in [2.75, 3.05) is 20.8 Å². The summed E-state index contributed by atoms with van der Waals surface area (Å²) in [6.45, 7) is 6.74. The fraction of sp³-hybridized carbons (Fsp3) is 1.00. The summed E-state index contributed by atoms with van der Waals surface area (Å²) in [5.41, 5.74) is -0.439. The molecule has 0 aromatic carbocycles. The number of methoxy groups -OCH3 is 2. The molecule has 2 bridgehead atoms. The molecule has 3 fully saturated rings. The maximum Gasteiger partial charge on any atom is 0.308 e. The molecule has 3 rings (SSSR count). The molecule has 104 valence electrons. The Hall–Kier alpha value is -0.200. The molecule has 3 heterocycles. The van der Waals surface area contributed by atoms with E-state index < -0.39 is 11.6 Å². The van der Waals surface area contributed by atoms with Crippen molar-refractivity contribution in [2.45, 2.75) is 50.7 Å². The van der Waals surface area contributed by atoms with Gasteiger partial charge in [0.2, 0.25) is 0 Å². The summed E-state index contributed by atoms with van der Waals surface area (Å²) in [6.07, 6.45) is 0.0732. The van der Waals surface area contributed by atoms with Crippen molar-refractivity contribution in [1.82, 2.24) is 0 Å². The Kier molecular flexibility index (Phi) is 2.78. The summed E-state index contributed by atoms with van der Waals surface area (Å²) in [5.74, 6) is -0.139. The molecule has 18 heavy (non-hydrogen) atoms. The highest BCUT2D eigenvalue weighted by atomic mass is 16.9. The normalized spacial score (nSPS) is 58.2. The van der Waals surface area contributed by atoms with E-state index in [-0.39, 0.29) is 24.9 Å². The van der Waals surface area contributed by atoms with E-state index in [1.807, 2.05) is 0 Å². The lowest BCUT2D eigenvalue weighted by Gasteiger charge is -2.36. The Morgan fingerprint density at radius 3 is 2.44 bits per heavy atom. The van der Waals surface area contributed by atoms with Gasteiger partial charge in [-0.25, -0.2) is 0 Å². The number of ether oxygens (including phenoxy) is 5. The molecular weight excluding hydrogens is 236 g/mol. The largest absolute Gasteiger partial charge is 0.376 e. The predicted molar refractivity (Wildman–Crippen MR) is 63.0 cm³/mol. The Labute approximate surface area is 108 Å². The van der Waals surface area contributed by atoms with Crippen LogP contribution in [0.5, 0.6) is 0 Å². The number of fused-ring (bicyclic) bond motifs is 5. The minimum atomic E-state index is -1.09. The molecular formula is C13H22O5. The van der Waals surface area contributed by atoms with Crippen LogP contribution < -0.4 is 0 Å². The van der Waals surface area contributed by atoms with Crippen molar-refractivity contribution < 1.29 is 23.7 Å². The van der Waals surface area contributed by atoms with Crippen LogP contribution in [-0.4, -0.2) is 50.7 Å². The molecule has 0 N–H and O–H groups in total. The molecule has 0 radical (unpaired) electrons. The lowest BCUT2D eigenvalue weighted by Crippen LogP contribution is -2.52. The minimum Gasteiger partial charge on any atom is -0.376 e. The van der Waals surface area contributed by atoms with Crippen LogP contribution in [0.15, 0.2) is 0 Å². The summed E-state index contributed by atoms with van der Waals surface area (Å²) >= 11 is 0. The van der Waals surface area contributed by atoms with Gasteiger partial charge in [0, 0.05) is 14.2 Å². The van der Waals surface area contributed by atoms with Gasteiger partial charge in [-0.1, -0.05) is 13.8 Å². The van der Waals surface area contributed by atoms with Crippen LogP contribution in [0.25, 0.3) is 0 Å². The molecule has 5 nitrogen and oxygen atoms in total. The van der Waals surface area contributed by atoms with Crippen molar-refractivity contribution in [3.8, 4) is 0 Å². The molecule has 0 amide bonds. The van der Waals surface area contributed by atoms with E-state index in [1.54, 1.807) is 14.2 Å². The zero-order valence-electron chi connectivity index (χ0n) is 11.6. The Balaban J connectivity index is 1.90. The maximum atomic E-state index is 6.11. The van der Waals surface area contributed by atoms with E-state index in [0.29, 0.717) is 11.8 Å². The van der Waals surface area contributed by atoms with Crippen LogP contribution in [0.4, 0.5) is 0 Å². The van der Waals surface area contributed by atoms with Gasteiger partial charge in [-0.05, 0) is 18.8 Å². The lowest BCUT2D eigenvalue weighted by molar-refractivity contribution is -0.363. The van der Waals surface area contributed by atoms with Crippen LogP contribution in [0.2, 0.25) is 0 Å². The zero-order chi connectivity index (χ0) is 13.1. The van der Waals surface area contributed by atoms with E-state index in [2.05, 4.69) is 20.8 Å². The SMILES string of the molecule is COCC1(OC)OC2C3OC(C(C)C3C)C2(C)O1. The second kappa shape index (κ2) is 3.90. The summed E-state index contributed by atoms with van der Waals surface area (Å²) in [4.78, 5) is 0. The first-order chi connectivity index (χ1) is 8.47. The molecule has 3 aliphatic heterocycles. The van der Waals surface area contributed by atoms with Gasteiger partial charge < -0.3 is 23.7 Å². The van der Waals surface area contributed by atoms with E-state index in [0.717, 1.165) is 0 Å². The molecule has 0 aliphatic carbocycles. The summed E-state index contributed by atoms with van der Waals surface area (Å²) in [7, 11) is 3.19. The first-order valence-corrected chi connectivity index (χ1v) is 6.55. The highest BCUT2D eigenvalue weighted by molar-refractivity contribution is 5.15. The van der Waals surface area contributed by atoms with Crippen LogP contribution >= 0.6 is 0 Å². The second-order valence-electron chi connectivity index (χ2n) is 5.88. The van der Waals surface area contributed by atoms with Gasteiger partial charge in [0.15, 0.2) is 0 Å². The predicted octanol–water partition coefficient (Wildman–Crippen LogP) is 1.16. The molecule has 0 spiro atoms. The first-order valence-electron chi connectivity index (χ1n) is 6.55. The van der Waals surface area contributed by atoms with Crippen molar-refractivity contribution in [2.24, 2.45) is 11.8 Å². The van der Waals surface area contributed by atoms with Crippen LogP contribution in [0.1, 0.15) is 20.8 Å². The van der Waals surface area contributed by atoms with Gasteiger partial charge in [-0.15, -0.1) is 0 Å². The van der Waals surface area contributed by atoms with E-state index in [9.17, 15) is 0 Å². The smallest absolute Gasteiger partial charge is 0.308 e. The van der Waals surface area contributed by atoms with Crippen LogP contribution in [-0.2, 0) is 23.7 Å². The third-order valence-corrected chi connectivity index (χ3v) is 4.87. The van der Waals surface area contributed by atoms with Gasteiger partial charge in [0.05, 0.1) is 12.2 Å². The average molecular weight is 258 g/mol. The van der Waals surface area contributed by atoms with Gasteiger partial charge in [0.25, 0.3) is 0 Å². The minimum absolute atomic E-state index is 0.0661. The Bertz CT molecular complexity index is 348. The highest BCUT2D eigenvalue weighted by Crippen LogP contribution is 2.56. The van der Waals surface area contributed by atoms with Crippen LogP contribution in [0.3, 0.4) is 0 Å². The third kappa shape index (κ3) is 1.40. The number of hydrogen-bond acceptors (Lipinski definition) is 5. The fourth-order valence-corrected chi connectivity index (χ4v) is 3.73. The first kappa shape index (κ1) is 12.8. The molecule has 7 atom stereocenters. The summed E-state index contributed by atoms with van der Waals surface area (Å²) < 4.78 is 28.7. The Morgan fingerprint density at radius 2 is 1.83 bits per heavy atom. The fourth-order valence-electron chi connectivity index (χ4n) is 3.73. The lowest BCUT2D eigenvalue weighted by atomic mass is 9.72. The molecule has 7 unspecified atom stereocenters. The highest BCUT2D eigenvalue weighted by Gasteiger charge is 2.72. The topological polar surface area (TPSA) is 46.2 Å². The van der Waals surface area contributed by atoms with E-state index in [1.165, 1.54) is 0 Å². The van der Waals surface area contributed by atoms with E-state index in [4.69, 9.17) is 23.7 Å². The maximum absolute atomic E-state index is 6.11. The standard InChI is InChI=1S/C13H22O5/c1-7-8(2)10-12(3)11(9(7)16-10)17-13(15-5,18-12)6-14-4/h7-11H,6H2,1-5H3. The van der Waals surface area contributed by atoms with Crippen molar-refractivity contribution in [3.05, 3.63) is 0 Å². The van der Waals surface area contributed by atoms with Crippen molar-refractivity contribution in [1.29, 1.82) is 0 Å². The molecule has 5 heteroatoms. The van der Waals surface area contributed by atoms with Crippen LogP contribution in [0, 0.1) is 11.8 Å². The van der Waals surface area contributed by atoms with Crippen molar-refractivity contribution >= 4 is 0 Å². The molecule has 0 saturated carbocycles. The average Bonchev–Trinajstić information content (AvgIpc) is 2.87. The molecule has 3 aliphatic rings. The van der Waals surface area contributed by atoms with E-state index >= 15 is 0 Å². The van der Waals surface area contributed by atoms with Gasteiger partial charge in [-0.2, -0.15) is 0 Å². The quantitative estimate of drug-likeness (QED) is 0.760. The van der Waals surface area contributed by atoms with Crippen molar-refractivity contribution in [3.63, 3.8) is 0 Å². The van der Waals surface area contributed by atoms with Gasteiger partial charge in [-0.3, -0.25) is 0 Å². The number of rotatable bonds is 3. The second-order valence-corrected chi connectivity index (χ2v) is 5.88. The summed E-state index contributed by atoms with van der Waals surface area (Å²) in [5, 5.41) is 0. The number of hydrogen-bond donors (Lipinski definition) is 0. The van der Waals surface area contributed by atoms with Gasteiger partial charge >= 0.3 is 5.97 Å². The summed E-state index contributed by atoms with van der Waals surface area (Å²) in [6, 6.07) is 0.